The van der Waals surface area contributed by atoms with Crippen molar-refractivity contribution in [2.45, 2.75) is 46.2 Å². The zero-order valence-corrected chi connectivity index (χ0v) is 18.8. The zero-order chi connectivity index (χ0) is 18.6. The topological polar surface area (TPSA) is 76.4 Å². The molecule has 2 aromatic rings. The molecule has 8 heteroatoms. The van der Waals surface area contributed by atoms with E-state index < -0.39 is 0 Å². The quantitative estimate of drug-likeness (QED) is 0.234. The molecule has 0 saturated heterocycles. The molecular weight excluding hydrogens is 455 g/mol. The van der Waals surface area contributed by atoms with Crippen LogP contribution in [0.4, 0.5) is 0 Å². The molecule has 1 heterocycles. The van der Waals surface area contributed by atoms with Crippen LogP contribution in [0.1, 0.15) is 37.3 Å². The van der Waals surface area contributed by atoms with Crippen molar-refractivity contribution < 1.29 is 4.74 Å². The Labute approximate surface area is 179 Å². The van der Waals surface area contributed by atoms with Gasteiger partial charge in [0.2, 0.25) is 0 Å². The lowest BCUT2D eigenvalue weighted by Gasteiger charge is -2.15. The van der Waals surface area contributed by atoms with Gasteiger partial charge in [0.05, 0.1) is 6.61 Å². The molecule has 2 rings (SSSR count). The first kappa shape index (κ1) is 23.2. The van der Waals surface area contributed by atoms with Crippen LogP contribution >= 0.6 is 24.0 Å². The molecule has 1 aromatic heterocycles. The van der Waals surface area contributed by atoms with E-state index in [1.807, 2.05) is 4.57 Å². The molecule has 0 atom stereocenters. The van der Waals surface area contributed by atoms with Crippen molar-refractivity contribution in [1.82, 2.24) is 25.4 Å². The van der Waals surface area contributed by atoms with E-state index in [1.165, 1.54) is 5.56 Å². The second kappa shape index (κ2) is 13.3. The number of ether oxygens (including phenoxy) is 1. The lowest BCUT2D eigenvalue weighted by molar-refractivity contribution is 0.313. The molecule has 0 aliphatic carbocycles. The molecule has 0 amide bonds. The fourth-order valence-electron chi connectivity index (χ4n) is 2.52. The summed E-state index contributed by atoms with van der Waals surface area (Å²) in [6, 6.07) is 6.31. The van der Waals surface area contributed by atoms with Crippen molar-refractivity contribution in [2.75, 3.05) is 20.2 Å². The third-order valence-corrected chi connectivity index (χ3v) is 3.96. The monoisotopic (exact) mass is 486 g/mol. The van der Waals surface area contributed by atoms with Gasteiger partial charge in [-0.25, -0.2) is 0 Å². The summed E-state index contributed by atoms with van der Waals surface area (Å²) in [5, 5.41) is 14.3. The summed E-state index contributed by atoms with van der Waals surface area (Å²) >= 11 is 0. The molecule has 0 aliphatic rings. The number of guanidine groups is 1. The van der Waals surface area contributed by atoms with Gasteiger partial charge >= 0.3 is 0 Å². The number of nitrogens with zero attached hydrogens (tertiary/aromatic N) is 4. The number of hydrogen-bond acceptors (Lipinski definition) is 4. The van der Waals surface area contributed by atoms with Crippen LogP contribution in [-0.4, -0.2) is 40.9 Å². The maximum Gasteiger partial charge on any atom is 0.191 e. The van der Waals surface area contributed by atoms with Crippen LogP contribution in [0.2, 0.25) is 0 Å². The summed E-state index contributed by atoms with van der Waals surface area (Å²) in [5.41, 5.74) is 2.34. The fourth-order valence-corrected chi connectivity index (χ4v) is 2.52. The molecule has 1 aromatic carbocycles. The van der Waals surface area contributed by atoms with Gasteiger partial charge in [-0.05, 0) is 37.8 Å². The van der Waals surface area contributed by atoms with E-state index in [1.54, 1.807) is 19.7 Å². The first-order valence-electron chi connectivity index (χ1n) is 9.22. The standard InChI is InChI=1S/C19H30N6O.HI/c1-4-11-26-18-12-16(2)7-8-17(18)13-22-19(20-3)21-9-5-6-10-25-14-23-24-15-25;/h7-8,12,14-15H,4-6,9-11,13H2,1-3H3,(H2,20,21,22);1H. The summed E-state index contributed by atoms with van der Waals surface area (Å²) < 4.78 is 7.86. The van der Waals surface area contributed by atoms with Crippen LogP contribution < -0.4 is 15.4 Å². The van der Waals surface area contributed by atoms with Gasteiger partial charge in [0.25, 0.3) is 0 Å². The summed E-state index contributed by atoms with van der Waals surface area (Å²) in [4.78, 5) is 4.29. The van der Waals surface area contributed by atoms with Crippen molar-refractivity contribution in [3.05, 3.63) is 42.0 Å². The van der Waals surface area contributed by atoms with Gasteiger partial charge < -0.3 is 19.9 Å². The molecule has 0 bridgehead atoms. The van der Waals surface area contributed by atoms with Crippen molar-refractivity contribution >= 4 is 29.9 Å². The molecule has 0 unspecified atom stereocenters. The predicted molar refractivity (Wildman–Crippen MR) is 120 cm³/mol. The molecule has 7 nitrogen and oxygen atoms in total. The first-order valence-corrected chi connectivity index (χ1v) is 9.22. The lowest BCUT2D eigenvalue weighted by atomic mass is 10.1. The highest BCUT2D eigenvalue weighted by Gasteiger charge is 2.05. The van der Waals surface area contributed by atoms with Crippen LogP contribution in [-0.2, 0) is 13.1 Å². The lowest BCUT2D eigenvalue weighted by Crippen LogP contribution is -2.37. The number of rotatable bonds is 10. The first-order chi connectivity index (χ1) is 12.7. The Balaban J connectivity index is 0.00000364. The van der Waals surface area contributed by atoms with Crippen LogP contribution in [0.3, 0.4) is 0 Å². The average Bonchev–Trinajstić information content (AvgIpc) is 3.16. The van der Waals surface area contributed by atoms with Gasteiger partial charge in [-0.15, -0.1) is 34.2 Å². The number of aliphatic imine (C=N–C) groups is 1. The smallest absolute Gasteiger partial charge is 0.191 e. The highest BCUT2D eigenvalue weighted by molar-refractivity contribution is 14.0. The summed E-state index contributed by atoms with van der Waals surface area (Å²) in [7, 11) is 1.79. The van der Waals surface area contributed by atoms with Crippen molar-refractivity contribution in [1.29, 1.82) is 0 Å². The molecule has 0 radical (unpaired) electrons. The van der Waals surface area contributed by atoms with Crippen LogP contribution in [0, 0.1) is 6.92 Å². The molecule has 2 N–H and O–H groups in total. The number of halogens is 1. The van der Waals surface area contributed by atoms with E-state index in [2.05, 4.69) is 57.9 Å². The van der Waals surface area contributed by atoms with Crippen LogP contribution in [0.25, 0.3) is 0 Å². The minimum absolute atomic E-state index is 0. The highest BCUT2D eigenvalue weighted by atomic mass is 127. The Morgan fingerprint density at radius 2 is 1.96 bits per heavy atom. The summed E-state index contributed by atoms with van der Waals surface area (Å²) in [6.07, 6.45) is 6.60. The normalized spacial score (nSPS) is 11.0. The van der Waals surface area contributed by atoms with Crippen molar-refractivity contribution in [3.8, 4) is 5.75 Å². The number of benzene rings is 1. The molecule has 0 spiro atoms. The van der Waals surface area contributed by atoms with Crippen LogP contribution in [0.15, 0.2) is 35.8 Å². The number of aryl methyl sites for hydroxylation is 2. The van der Waals surface area contributed by atoms with Gasteiger partial charge in [0, 0.05) is 32.2 Å². The second-order valence-electron chi connectivity index (χ2n) is 6.22. The zero-order valence-electron chi connectivity index (χ0n) is 16.4. The molecule has 27 heavy (non-hydrogen) atoms. The van der Waals surface area contributed by atoms with Gasteiger partial charge in [-0.1, -0.05) is 19.1 Å². The molecule has 0 saturated carbocycles. The van der Waals surface area contributed by atoms with E-state index in [9.17, 15) is 0 Å². The van der Waals surface area contributed by atoms with Crippen molar-refractivity contribution in [2.24, 2.45) is 4.99 Å². The Morgan fingerprint density at radius 3 is 2.67 bits per heavy atom. The largest absolute Gasteiger partial charge is 0.493 e. The van der Waals surface area contributed by atoms with E-state index in [4.69, 9.17) is 4.74 Å². The van der Waals surface area contributed by atoms with Gasteiger partial charge in [0.15, 0.2) is 5.96 Å². The van der Waals surface area contributed by atoms with Gasteiger partial charge in [-0.3, -0.25) is 4.99 Å². The Morgan fingerprint density at radius 1 is 1.19 bits per heavy atom. The maximum absolute atomic E-state index is 5.87. The number of hydrogen-bond donors (Lipinski definition) is 2. The second-order valence-corrected chi connectivity index (χ2v) is 6.22. The average molecular weight is 486 g/mol. The number of unbranched alkanes of at least 4 members (excludes halogenated alkanes) is 1. The van der Waals surface area contributed by atoms with Crippen LogP contribution in [0.5, 0.6) is 5.75 Å². The van der Waals surface area contributed by atoms with Crippen molar-refractivity contribution in [3.63, 3.8) is 0 Å². The molecular formula is C19H31IN6O. The van der Waals surface area contributed by atoms with Gasteiger partial charge in [0.1, 0.15) is 18.4 Å². The Bertz CT molecular complexity index is 675. The Hall–Kier alpha value is -1.84. The SMILES string of the molecule is CCCOc1cc(C)ccc1CNC(=NC)NCCCCn1cnnc1.I. The number of nitrogens with one attached hydrogen (secondary N) is 2. The summed E-state index contributed by atoms with van der Waals surface area (Å²) in [5.74, 6) is 1.75. The third kappa shape index (κ3) is 8.59. The minimum atomic E-state index is 0. The van der Waals surface area contributed by atoms with E-state index in [-0.39, 0.29) is 24.0 Å². The maximum atomic E-state index is 5.87. The molecule has 0 fully saturated rings. The predicted octanol–water partition coefficient (Wildman–Crippen LogP) is 3.14. The minimum Gasteiger partial charge on any atom is -0.493 e. The molecule has 150 valence electrons. The number of aromatic nitrogens is 3. The highest BCUT2D eigenvalue weighted by Crippen LogP contribution is 2.20. The van der Waals surface area contributed by atoms with E-state index in [0.29, 0.717) is 6.54 Å². The summed E-state index contributed by atoms with van der Waals surface area (Å²) in [6.45, 7) is 7.41. The van der Waals surface area contributed by atoms with Gasteiger partial charge in [-0.2, -0.15) is 0 Å². The third-order valence-electron chi connectivity index (χ3n) is 3.96. The molecule has 0 aliphatic heterocycles. The fraction of sp³-hybridized carbons (Fsp3) is 0.526. The van der Waals surface area contributed by atoms with E-state index in [0.717, 1.165) is 56.2 Å². The van der Waals surface area contributed by atoms with E-state index >= 15 is 0 Å². The Kier molecular flexibility index (Phi) is 11.5.